The lowest BCUT2D eigenvalue weighted by molar-refractivity contribution is 0.0940. The Labute approximate surface area is 142 Å². The minimum absolute atomic E-state index is 0.0481. The van der Waals surface area contributed by atoms with Crippen LogP contribution in [0.2, 0.25) is 0 Å². The predicted molar refractivity (Wildman–Crippen MR) is 85.4 cm³/mol. The van der Waals surface area contributed by atoms with Gasteiger partial charge in [-0.3, -0.25) is 4.79 Å². The Kier molecular flexibility index (Phi) is 4.92. The molecule has 1 aliphatic heterocycles. The average Bonchev–Trinajstić information content (AvgIpc) is 3.04. The van der Waals surface area contributed by atoms with E-state index < -0.39 is 34.7 Å². The number of anilines is 1. The summed E-state index contributed by atoms with van der Waals surface area (Å²) >= 11 is 0. The summed E-state index contributed by atoms with van der Waals surface area (Å²) in [4.78, 5) is 13.9. The maximum absolute atomic E-state index is 13.6. The Morgan fingerprint density at radius 3 is 2.44 bits per heavy atom. The molecule has 25 heavy (non-hydrogen) atoms. The molecule has 0 spiro atoms. The summed E-state index contributed by atoms with van der Waals surface area (Å²) in [5, 5.41) is 2.54. The second-order valence-electron chi connectivity index (χ2n) is 6.01. The van der Waals surface area contributed by atoms with E-state index in [-0.39, 0.29) is 12.5 Å². The first-order valence-electron chi connectivity index (χ1n) is 7.88. The van der Waals surface area contributed by atoms with Crippen molar-refractivity contribution in [2.75, 3.05) is 24.5 Å². The fourth-order valence-corrected chi connectivity index (χ4v) is 2.96. The van der Waals surface area contributed by atoms with Crippen molar-refractivity contribution in [2.24, 2.45) is 5.92 Å². The molecule has 0 unspecified atom stereocenters. The first-order chi connectivity index (χ1) is 12.0. The third kappa shape index (κ3) is 3.75. The maximum Gasteiger partial charge on any atom is 0.257 e. The lowest BCUT2D eigenvalue weighted by atomic mass is 10.1. The molecule has 0 bridgehead atoms. The lowest BCUT2D eigenvalue weighted by Crippen LogP contribution is -2.32. The molecule has 1 N–H and O–H groups in total. The molecule has 0 radical (unpaired) electrons. The zero-order valence-corrected chi connectivity index (χ0v) is 13.2. The van der Waals surface area contributed by atoms with E-state index in [1.165, 1.54) is 12.1 Å². The Balaban J connectivity index is 1.58. The van der Waals surface area contributed by atoms with Crippen molar-refractivity contribution in [3.8, 4) is 0 Å². The van der Waals surface area contributed by atoms with Crippen molar-refractivity contribution >= 4 is 11.6 Å². The highest BCUT2D eigenvalue weighted by molar-refractivity contribution is 5.94. The number of carbonyl (C=O) groups is 1. The van der Waals surface area contributed by atoms with Gasteiger partial charge in [-0.25, -0.2) is 17.6 Å². The van der Waals surface area contributed by atoms with Gasteiger partial charge < -0.3 is 10.2 Å². The number of amides is 1. The van der Waals surface area contributed by atoms with Crippen molar-refractivity contribution in [1.82, 2.24) is 5.32 Å². The largest absolute Gasteiger partial charge is 0.371 e. The van der Waals surface area contributed by atoms with E-state index in [1.54, 1.807) is 0 Å². The van der Waals surface area contributed by atoms with E-state index in [0.29, 0.717) is 18.8 Å². The molecule has 1 heterocycles. The molecular formula is C18H16F4N2O. The van der Waals surface area contributed by atoms with Crippen LogP contribution in [-0.2, 0) is 0 Å². The average molecular weight is 352 g/mol. The van der Waals surface area contributed by atoms with Gasteiger partial charge >= 0.3 is 0 Å². The van der Waals surface area contributed by atoms with Crippen LogP contribution in [0.4, 0.5) is 23.2 Å². The number of nitrogens with zero attached hydrogens (tertiary/aromatic N) is 1. The minimum atomic E-state index is -0.913. The smallest absolute Gasteiger partial charge is 0.257 e. The van der Waals surface area contributed by atoms with Gasteiger partial charge in [0.2, 0.25) is 0 Å². The number of benzene rings is 2. The van der Waals surface area contributed by atoms with Crippen LogP contribution in [0.3, 0.4) is 0 Å². The molecule has 3 rings (SSSR count). The van der Waals surface area contributed by atoms with E-state index in [1.807, 2.05) is 4.90 Å². The van der Waals surface area contributed by atoms with Gasteiger partial charge in [0.15, 0.2) is 11.6 Å². The molecule has 132 valence electrons. The Morgan fingerprint density at radius 1 is 1.04 bits per heavy atom. The molecule has 3 nitrogen and oxygen atoms in total. The lowest BCUT2D eigenvalue weighted by Gasteiger charge is -2.19. The fraction of sp³-hybridized carbons (Fsp3) is 0.278. The molecule has 1 amide bonds. The highest BCUT2D eigenvalue weighted by atomic mass is 19.2. The molecule has 2 aromatic rings. The molecule has 1 atom stereocenters. The van der Waals surface area contributed by atoms with Crippen LogP contribution in [-0.4, -0.2) is 25.5 Å². The van der Waals surface area contributed by atoms with Crippen molar-refractivity contribution in [3.63, 3.8) is 0 Å². The number of nitrogens with one attached hydrogen (secondary N) is 1. The van der Waals surface area contributed by atoms with Gasteiger partial charge in [-0.1, -0.05) is 6.07 Å². The molecule has 0 aliphatic carbocycles. The van der Waals surface area contributed by atoms with Gasteiger partial charge in [-0.2, -0.15) is 0 Å². The van der Waals surface area contributed by atoms with Crippen molar-refractivity contribution < 1.29 is 22.4 Å². The summed E-state index contributed by atoms with van der Waals surface area (Å²) in [6.07, 6.45) is 0.721. The summed E-state index contributed by atoms with van der Waals surface area (Å²) < 4.78 is 53.5. The normalized spacial score (nSPS) is 17.0. The Morgan fingerprint density at radius 2 is 1.76 bits per heavy atom. The van der Waals surface area contributed by atoms with Crippen molar-refractivity contribution in [2.45, 2.75) is 6.42 Å². The molecule has 0 aromatic heterocycles. The van der Waals surface area contributed by atoms with Gasteiger partial charge in [-0.15, -0.1) is 0 Å². The third-order valence-corrected chi connectivity index (χ3v) is 4.30. The van der Waals surface area contributed by atoms with Crippen molar-refractivity contribution in [1.29, 1.82) is 0 Å². The topological polar surface area (TPSA) is 32.3 Å². The number of hydrogen-bond donors (Lipinski definition) is 1. The first kappa shape index (κ1) is 17.3. The van der Waals surface area contributed by atoms with Crippen LogP contribution in [0, 0.1) is 29.2 Å². The number of hydrogen-bond acceptors (Lipinski definition) is 2. The number of carbonyl (C=O) groups excluding carboxylic acids is 1. The third-order valence-electron chi connectivity index (χ3n) is 4.30. The van der Waals surface area contributed by atoms with E-state index in [0.717, 1.165) is 30.7 Å². The molecule has 1 fully saturated rings. The summed E-state index contributed by atoms with van der Waals surface area (Å²) in [6.45, 7) is 1.40. The molecular weight excluding hydrogens is 336 g/mol. The molecule has 2 aromatic carbocycles. The van der Waals surface area contributed by atoms with Crippen molar-refractivity contribution in [3.05, 3.63) is 65.2 Å². The molecule has 1 aliphatic rings. The Bertz CT molecular complexity index is 776. The van der Waals surface area contributed by atoms with Gasteiger partial charge in [0.05, 0.1) is 0 Å². The Hall–Kier alpha value is -2.57. The minimum Gasteiger partial charge on any atom is -0.371 e. The predicted octanol–water partition coefficient (Wildman–Crippen LogP) is 3.50. The van der Waals surface area contributed by atoms with Crippen LogP contribution in [0.15, 0.2) is 36.4 Å². The monoisotopic (exact) mass is 352 g/mol. The summed E-state index contributed by atoms with van der Waals surface area (Å²) in [6, 6.07) is 6.94. The molecule has 0 saturated carbocycles. The number of rotatable bonds is 4. The van der Waals surface area contributed by atoms with Gasteiger partial charge in [0, 0.05) is 31.4 Å². The summed E-state index contributed by atoms with van der Waals surface area (Å²) in [5.74, 6) is -4.39. The van der Waals surface area contributed by atoms with E-state index in [9.17, 15) is 22.4 Å². The molecule has 7 heteroatoms. The van der Waals surface area contributed by atoms with Crippen LogP contribution in [0.5, 0.6) is 0 Å². The quantitative estimate of drug-likeness (QED) is 0.855. The highest BCUT2D eigenvalue weighted by Crippen LogP contribution is 2.25. The van der Waals surface area contributed by atoms with Crippen LogP contribution >= 0.6 is 0 Å². The first-order valence-corrected chi connectivity index (χ1v) is 7.88. The fourth-order valence-electron chi connectivity index (χ4n) is 2.96. The van der Waals surface area contributed by atoms with Gasteiger partial charge in [0.1, 0.15) is 17.2 Å². The van der Waals surface area contributed by atoms with Crippen LogP contribution in [0.1, 0.15) is 16.8 Å². The maximum atomic E-state index is 13.6. The van der Waals surface area contributed by atoms with E-state index in [2.05, 4.69) is 5.32 Å². The second-order valence-corrected chi connectivity index (χ2v) is 6.01. The summed E-state index contributed by atoms with van der Waals surface area (Å²) in [5.41, 5.74) is -0.0363. The highest BCUT2D eigenvalue weighted by Gasteiger charge is 2.25. The SMILES string of the molecule is O=C(NC[C@@H]1CCN(c2ccc(F)c(F)c2)C1)c1c(F)cccc1F. The van der Waals surface area contributed by atoms with Gasteiger partial charge in [0.25, 0.3) is 5.91 Å². The van der Waals surface area contributed by atoms with Gasteiger partial charge in [-0.05, 0) is 36.6 Å². The zero-order chi connectivity index (χ0) is 18.0. The van der Waals surface area contributed by atoms with E-state index in [4.69, 9.17) is 0 Å². The zero-order valence-electron chi connectivity index (χ0n) is 13.2. The van der Waals surface area contributed by atoms with Crippen LogP contribution < -0.4 is 10.2 Å². The molecule has 1 saturated heterocycles. The standard InChI is InChI=1S/C18H16F4N2O/c19-13-5-4-12(8-16(13)22)24-7-6-11(10-24)9-23-18(25)17-14(20)2-1-3-15(17)21/h1-5,8,11H,6-7,9-10H2,(H,23,25)/t11-/m0/s1. The summed E-state index contributed by atoms with van der Waals surface area (Å²) in [7, 11) is 0. The van der Waals surface area contributed by atoms with Crippen LogP contribution in [0.25, 0.3) is 0 Å². The van der Waals surface area contributed by atoms with E-state index >= 15 is 0 Å². The number of halogens is 4. The second kappa shape index (κ2) is 7.13.